The monoisotopic (exact) mass is 390 g/mol. The Morgan fingerprint density at radius 2 is 2.00 bits per heavy atom. The largest absolute Gasteiger partial charge is 0.468 e. The summed E-state index contributed by atoms with van der Waals surface area (Å²) in [5.74, 6) is -0.334. The summed E-state index contributed by atoms with van der Waals surface area (Å²) in [5, 5.41) is 0.413. The SMILES string of the molecule is COC(=O)C(C)Sc1nc2c(c(=O)n1-c1cc(C)cc(C)c1)SC(C)C2. The fourth-order valence-corrected chi connectivity index (χ4v) is 5.12. The second-order valence-corrected chi connectivity index (χ2v) is 9.33. The number of carbonyl (C=O) groups is 1. The third-order valence-electron chi connectivity index (χ3n) is 4.16. The number of rotatable bonds is 4. The summed E-state index contributed by atoms with van der Waals surface area (Å²) in [4.78, 5) is 30.6. The van der Waals surface area contributed by atoms with Gasteiger partial charge in [-0.3, -0.25) is 14.2 Å². The number of thioether (sulfide) groups is 2. The van der Waals surface area contributed by atoms with Gasteiger partial charge in [-0.1, -0.05) is 24.8 Å². The fourth-order valence-electron chi connectivity index (χ4n) is 3.06. The van der Waals surface area contributed by atoms with Crippen LogP contribution in [0.1, 0.15) is 30.7 Å². The first-order chi connectivity index (χ1) is 12.3. The summed E-state index contributed by atoms with van der Waals surface area (Å²) in [7, 11) is 1.37. The lowest BCUT2D eigenvalue weighted by atomic mass is 10.1. The Hall–Kier alpha value is -1.73. The molecule has 0 bridgehead atoms. The Bertz CT molecular complexity index is 903. The number of ether oxygens (including phenoxy) is 1. The predicted molar refractivity (Wildman–Crippen MR) is 106 cm³/mol. The molecule has 0 saturated carbocycles. The van der Waals surface area contributed by atoms with E-state index in [0.717, 1.165) is 28.9 Å². The van der Waals surface area contributed by atoms with E-state index in [1.807, 2.05) is 26.0 Å². The molecule has 2 aromatic rings. The second-order valence-electron chi connectivity index (χ2n) is 6.57. The van der Waals surface area contributed by atoms with Gasteiger partial charge < -0.3 is 4.74 Å². The highest BCUT2D eigenvalue weighted by Gasteiger charge is 2.28. The molecular formula is C19H22N2O3S2. The molecule has 1 aromatic carbocycles. The van der Waals surface area contributed by atoms with E-state index >= 15 is 0 Å². The minimum absolute atomic E-state index is 0.0612. The van der Waals surface area contributed by atoms with Gasteiger partial charge in [0.15, 0.2) is 5.16 Å². The third kappa shape index (κ3) is 3.69. The van der Waals surface area contributed by atoms with Crippen LogP contribution in [-0.2, 0) is 16.0 Å². The lowest BCUT2D eigenvalue weighted by molar-refractivity contribution is -0.139. The maximum atomic E-state index is 13.2. The van der Waals surface area contributed by atoms with Crippen molar-refractivity contribution in [2.24, 2.45) is 0 Å². The van der Waals surface area contributed by atoms with E-state index in [1.165, 1.54) is 18.9 Å². The number of methoxy groups -OCH3 is 1. The maximum Gasteiger partial charge on any atom is 0.318 e. The van der Waals surface area contributed by atoms with Crippen molar-refractivity contribution in [3.05, 3.63) is 45.4 Å². The van der Waals surface area contributed by atoms with Crippen LogP contribution in [0.4, 0.5) is 0 Å². The van der Waals surface area contributed by atoms with Crippen molar-refractivity contribution in [2.45, 2.75) is 54.7 Å². The van der Waals surface area contributed by atoms with Gasteiger partial charge in [-0.15, -0.1) is 11.8 Å². The Kier molecular flexibility index (Phi) is 5.48. The van der Waals surface area contributed by atoms with Crippen LogP contribution in [0.5, 0.6) is 0 Å². The number of esters is 1. The smallest absolute Gasteiger partial charge is 0.318 e. The Morgan fingerprint density at radius 1 is 1.35 bits per heavy atom. The number of fused-ring (bicyclic) bond motifs is 1. The van der Waals surface area contributed by atoms with Gasteiger partial charge in [-0.05, 0) is 44.0 Å². The molecule has 1 aliphatic rings. The predicted octanol–water partition coefficient (Wildman–Crippen LogP) is 3.54. The van der Waals surface area contributed by atoms with E-state index in [9.17, 15) is 9.59 Å². The first-order valence-corrected chi connectivity index (χ1v) is 10.2. The molecule has 0 radical (unpaired) electrons. The average molecular weight is 391 g/mol. The maximum absolute atomic E-state index is 13.2. The Morgan fingerprint density at radius 3 is 2.62 bits per heavy atom. The normalized spacial score (nSPS) is 17.0. The van der Waals surface area contributed by atoms with Gasteiger partial charge in [0.25, 0.3) is 5.56 Å². The van der Waals surface area contributed by atoms with Crippen LogP contribution in [0.25, 0.3) is 5.69 Å². The molecule has 26 heavy (non-hydrogen) atoms. The van der Waals surface area contributed by atoms with Gasteiger partial charge in [0, 0.05) is 11.7 Å². The summed E-state index contributed by atoms with van der Waals surface area (Å²) in [5.41, 5.74) is 3.69. The molecular weight excluding hydrogens is 368 g/mol. The van der Waals surface area contributed by atoms with Crippen LogP contribution in [0.3, 0.4) is 0 Å². The Balaban J connectivity index is 2.19. The van der Waals surface area contributed by atoms with Crippen molar-refractivity contribution in [1.29, 1.82) is 0 Å². The summed E-state index contributed by atoms with van der Waals surface area (Å²) in [6.07, 6.45) is 0.767. The van der Waals surface area contributed by atoms with Crippen molar-refractivity contribution in [3.63, 3.8) is 0 Å². The molecule has 0 saturated heterocycles. The molecule has 1 aromatic heterocycles. The quantitative estimate of drug-likeness (QED) is 0.452. The molecule has 0 fully saturated rings. The zero-order valence-electron chi connectivity index (χ0n) is 15.5. The van der Waals surface area contributed by atoms with E-state index in [-0.39, 0.29) is 11.5 Å². The standard InChI is InChI=1S/C19H22N2O3S2/c1-10-6-11(2)8-14(7-10)21-17(22)16-15(9-12(3)25-16)20-19(21)26-13(4)18(23)24-5/h6-8,12-13H,9H2,1-5H3. The summed E-state index contributed by atoms with van der Waals surface area (Å²) < 4.78 is 6.46. The lowest BCUT2D eigenvalue weighted by Gasteiger charge is -2.16. The van der Waals surface area contributed by atoms with E-state index < -0.39 is 5.25 Å². The van der Waals surface area contributed by atoms with Crippen LogP contribution in [0.15, 0.2) is 33.0 Å². The van der Waals surface area contributed by atoms with E-state index in [0.29, 0.717) is 15.3 Å². The molecule has 5 nitrogen and oxygen atoms in total. The van der Waals surface area contributed by atoms with Crippen LogP contribution in [0.2, 0.25) is 0 Å². The first-order valence-electron chi connectivity index (χ1n) is 8.46. The van der Waals surface area contributed by atoms with Crippen molar-refractivity contribution in [2.75, 3.05) is 7.11 Å². The zero-order valence-corrected chi connectivity index (χ0v) is 17.2. The van der Waals surface area contributed by atoms with Gasteiger partial charge in [0.05, 0.1) is 23.4 Å². The van der Waals surface area contributed by atoms with Gasteiger partial charge >= 0.3 is 5.97 Å². The summed E-state index contributed by atoms with van der Waals surface area (Å²) in [6, 6.07) is 6.01. The van der Waals surface area contributed by atoms with Crippen LogP contribution < -0.4 is 5.56 Å². The summed E-state index contributed by atoms with van der Waals surface area (Å²) in [6.45, 7) is 7.86. The van der Waals surface area contributed by atoms with Crippen molar-refractivity contribution in [1.82, 2.24) is 9.55 Å². The van der Waals surface area contributed by atoms with Crippen LogP contribution >= 0.6 is 23.5 Å². The second kappa shape index (κ2) is 7.48. The van der Waals surface area contributed by atoms with Gasteiger partial charge in [-0.25, -0.2) is 4.98 Å². The highest BCUT2D eigenvalue weighted by molar-refractivity contribution is 8.00. The minimum atomic E-state index is -0.450. The highest BCUT2D eigenvalue weighted by atomic mass is 32.2. The van der Waals surface area contributed by atoms with Crippen molar-refractivity contribution >= 4 is 29.5 Å². The molecule has 7 heteroatoms. The third-order valence-corrected chi connectivity index (χ3v) is 6.41. The molecule has 0 N–H and O–H groups in total. The number of nitrogens with zero attached hydrogens (tertiary/aromatic N) is 2. The number of aromatic nitrogens is 2. The van der Waals surface area contributed by atoms with E-state index in [1.54, 1.807) is 23.3 Å². The summed E-state index contributed by atoms with van der Waals surface area (Å²) >= 11 is 2.84. The number of hydrogen-bond acceptors (Lipinski definition) is 6. The molecule has 1 aliphatic heterocycles. The average Bonchev–Trinajstić information content (AvgIpc) is 2.94. The molecule has 0 spiro atoms. The number of benzene rings is 1. The van der Waals surface area contributed by atoms with E-state index in [4.69, 9.17) is 9.72 Å². The molecule has 2 unspecified atom stereocenters. The van der Waals surface area contributed by atoms with Crippen molar-refractivity contribution in [3.8, 4) is 5.69 Å². The topological polar surface area (TPSA) is 61.2 Å². The van der Waals surface area contributed by atoms with Crippen LogP contribution in [-0.4, -0.2) is 33.1 Å². The van der Waals surface area contributed by atoms with Crippen molar-refractivity contribution < 1.29 is 9.53 Å². The van der Waals surface area contributed by atoms with Gasteiger partial charge in [-0.2, -0.15) is 0 Å². The molecule has 2 atom stereocenters. The number of carbonyl (C=O) groups excluding carboxylic acids is 1. The molecule has 3 rings (SSSR count). The molecule has 138 valence electrons. The first kappa shape index (κ1) is 19.0. The fraction of sp³-hybridized carbons (Fsp3) is 0.421. The molecule has 0 aliphatic carbocycles. The molecule has 2 heterocycles. The van der Waals surface area contributed by atoms with Gasteiger partial charge in [0.2, 0.25) is 0 Å². The number of aryl methyl sites for hydroxylation is 2. The molecule has 0 amide bonds. The highest BCUT2D eigenvalue weighted by Crippen LogP contribution is 2.35. The Labute approximate surface area is 161 Å². The van der Waals surface area contributed by atoms with Gasteiger partial charge in [0.1, 0.15) is 5.25 Å². The lowest BCUT2D eigenvalue weighted by Crippen LogP contribution is -2.25. The minimum Gasteiger partial charge on any atom is -0.468 e. The van der Waals surface area contributed by atoms with Crippen LogP contribution in [0, 0.1) is 13.8 Å². The number of hydrogen-bond donors (Lipinski definition) is 0. The van der Waals surface area contributed by atoms with E-state index in [2.05, 4.69) is 13.0 Å². The zero-order chi connectivity index (χ0) is 19.0.